The lowest BCUT2D eigenvalue weighted by molar-refractivity contribution is 0.412. The Balaban J connectivity index is 2.62. The SMILES string of the molecule is CCC(C)CC(NN)c1cc(Br)cs1. The third kappa shape index (κ3) is 3.35. The van der Waals surface area contributed by atoms with Crippen LogP contribution in [0, 0.1) is 5.92 Å². The van der Waals surface area contributed by atoms with Crippen LogP contribution in [0.4, 0.5) is 0 Å². The van der Waals surface area contributed by atoms with Crippen molar-refractivity contribution in [3.63, 3.8) is 0 Å². The number of nitrogens with two attached hydrogens (primary N) is 1. The van der Waals surface area contributed by atoms with Gasteiger partial charge < -0.3 is 0 Å². The first-order valence-electron chi connectivity index (χ1n) is 4.87. The van der Waals surface area contributed by atoms with Gasteiger partial charge in [-0.1, -0.05) is 20.3 Å². The fourth-order valence-electron chi connectivity index (χ4n) is 1.35. The van der Waals surface area contributed by atoms with Crippen molar-refractivity contribution in [1.82, 2.24) is 5.43 Å². The largest absolute Gasteiger partial charge is 0.271 e. The minimum atomic E-state index is 0.293. The molecular weight excluding hydrogens is 260 g/mol. The van der Waals surface area contributed by atoms with Crippen molar-refractivity contribution in [1.29, 1.82) is 0 Å². The third-order valence-electron chi connectivity index (χ3n) is 2.47. The average molecular weight is 277 g/mol. The Bertz CT molecular complexity index is 275. The molecule has 2 unspecified atom stereocenters. The molecule has 1 heterocycles. The number of nitrogens with one attached hydrogen (secondary N) is 1. The van der Waals surface area contributed by atoms with E-state index in [4.69, 9.17) is 5.84 Å². The third-order valence-corrected chi connectivity index (χ3v) is 4.27. The highest BCUT2D eigenvalue weighted by molar-refractivity contribution is 9.10. The van der Waals surface area contributed by atoms with E-state index in [1.165, 1.54) is 11.3 Å². The first-order chi connectivity index (χ1) is 6.67. The Morgan fingerprint density at radius 3 is 2.79 bits per heavy atom. The van der Waals surface area contributed by atoms with E-state index in [0.717, 1.165) is 10.9 Å². The molecule has 2 nitrogen and oxygen atoms in total. The van der Waals surface area contributed by atoms with Gasteiger partial charge in [0.25, 0.3) is 0 Å². The standard InChI is InChI=1S/C10H17BrN2S/c1-3-7(2)4-9(13-12)10-5-8(11)6-14-10/h5-7,9,13H,3-4,12H2,1-2H3. The van der Waals surface area contributed by atoms with Gasteiger partial charge in [0, 0.05) is 14.7 Å². The molecule has 0 aliphatic carbocycles. The second-order valence-corrected chi connectivity index (χ2v) is 5.49. The molecule has 0 spiro atoms. The predicted octanol–water partition coefficient (Wildman–Crippen LogP) is 3.45. The fraction of sp³-hybridized carbons (Fsp3) is 0.600. The van der Waals surface area contributed by atoms with Gasteiger partial charge in [-0.2, -0.15) is 0 Å². The normalized spacial score (nSPS) is 15.4. The molecule has 80 valence electrons. The van der Waals surface area contributed by atoms with Crippen LogP contribution in [0.25, 0.3) is 0 Å². The van der Waals surface area contributed by atoms with Gasteiger partial charge in [0.05, 0.1) is 6.04 Å². The van der Waals surface area contributed by atoms with E-state index in [2.05, 4.69) is 46.6 Å². The summed E-state index contributed by atoms with van der Waals surface area (Å²) in [6.45, 7) is 4.47. The summed E-state index contributed by atoms with van der Waals surface area (Å²) in [5.41, 5.74) is 2.89. The fourth-order valence-corrected chi connectivity index (χ4v) is 2.87. The van der Waals surface area contributed by atoms with E-state index in [0.29, 0.717) is 12.0 Å². The number of hydrogen-bond acceptors (Lipinski definition) is 3. The summed E-state index contributed by atoms with van der Waals surface area (Å²) in [6, 6.07) is 2.43. The molecular formula is C10H17BrN2S. The molecule has 0 saturated carbocycles. The van der Waals surface area contributed by atoms with Gasteiger partial charge in [-0.3, -0.25) is 11.3 Å². The topological polar surface area (TPSA) is 38.0 Å². The van der Waals surface area contributed by atoms with Crippen molar-refractivity contribution >= 4 is 27.3 Å². The molecule has 0 aliphatic heterocycles. The summed E-state index contributed by atoms with van der Waals surface area (Å²) in [5.74, 6) is 6.26. The van der Waals surface area contributed by atoms with Crippen LogP contribution in [0.3, 0.4) is 0 Å². The summed E-state index contributed by atoms with van der Waals surface area (Å²) in [5, 5.41) is 2.09. The van der Waals surface area contributed by atoms with Crippen LogP contribution >= 0.6 is 27.3 Å². The molecule has 3 N–H and O–H groups in total. The van der Waals surface area contributed by atoms with Crippen LogP contribution in [0.5, 0.6) is 0 Å². The van der Waals surface area contributed by atoms with Crippen LogP contribution in [-0.4, -0.2) is 0 Å². The molecule has 2 atom stereocenters. The summed E-state index contributed by atoms with van der Waals surface area (Å²) in [4.78, 5) is 1.31. The lowest BCUT2D eigenvalue weighted by Crippen LogP contribution is -2.28. The number of thiophene rings is 1. The van der Waals surface area contributed by atoms with Gasteiger partial charge in [-0.05, 0) is 34.3 Å². The highest BCUT2D eigenvalue weighted by Crippen LogP contribution is 2.29. The molecule has 4 heteroatoms. The van der Waals surface area contributed by atoms with Crippen molar-refractivity contribution < 1.29 is 0 Å². The maximum Gasteiger partial charge on any atom is 0.0556 e. The Labute approximate surface area is 98.0 Å². The van der Waals surface area contributed by atoms with Crippen LogP contribution < -0.4 is 11.3 Å². The van der Waals surface area contributed by atoms with Crippen molar-refractivity contribution in [2.45, 2.75) is 32.7 Å². The second kappa shape index (κ2) is 5.85. The smallest absolute Gasteiger partial charge is 0.0556 e. The summed E-state index contributed by atoms with van der Waals surface area (Å²) in [7, 11) is 0. The van der Waals surface area contributed by atoms with Crippen molar-refractivity contribution in [2.24, 2.45) is 11.8 Å². The van der Waals surface area contributed by atoms with Crippen LogP contribution in [0.1, 0.15) is 37.6 Å². The molecule has 1 aromatic rings. The molecule has 0 saturated heterocycles. The number of halogens is 1. The Hall–Kier alpha value is 0.1000. The van der Waals surface area contributed by atoms with Gasteiger partial charge in [-0.25, -0.2) is 0 Å². The summed E-state index contributed by atoms with van der Waals surface area (Å²) < 4.78 is 1.14. The minimum Gasteiger partial charge on any atom is -0.271 e. The van der Waals surface area contributed by atoms with Gasteiger partial charge in [-0.15, -0.1) is 11.3 Å². The van der Waals surface area contributed by atoms with Crippen LogP contribution in [-0.2, 0) is 0 Å². The van der Waals surface area contributed by atoms with E-state index < -0.39 is 0 Å². The van der Waals surface area contributed by atoms with E-state index in [9.17, 15) is 0 Å². The van der Waals surface area contributed by atoms with Crippen molar-refractivity contribution in [2.75, 3.05) is 0 Å². The zero-order valence-electron chi connectivity index (χ0n) is 8.59. The molecule has 14 heavy (non-hydrogen) atoms. The molecule has 1 rings (SSSR count). The monoisotopic (exact) mass is 276 g/mol. The molecule has 0 fully saturated rings. The highest BCUT2D eigenvalue weighted by Gasteiger charge is 2.14. The zero-order valence-corrected chi connectivity index (χ0v) is 11.0. The maximum atomic E-state index is 5.56. The molecule has 1 aromatic heterocycles. The number of hydrogen-bond donors (Lipinski definition) is 2. The molecule has 0 aliphatic rings. The molecule has 0 aromatic carbocycles. The van der Waals surface area contributed by atoms with E-state index in [-0.39, 0.29) is 0 Å². The number of hydrazine groups is 1. The molecule has 0 amide bonds. The maximum absolute atomic E-state index is 5.56. The van der Waals surface area contributed by atoms with Crippen LogP contribution in [0.15, 0.2) is 15.9 Å². The van der Waals surface area contributed by atoms with Crippen LogP contribution in [0.2, 0.25) is 0 Å². The number of rotatable bonds is 5. The van der Waals surface area contributed by atoms with Gasteiger partial charge in [0.15, 0.2) is 0 Å². The first-order valence-corrected chi connectivity index (χ1v) is 6.54. The lowest BCUT2D eigenvalue weighted by Gasteiger charge is -2.17. The Kier molecular flexibility index (Phi) is 5.09. The molecule has 0 bridgehead atoms. The Morgan fingerprint density at radius 2 is 2.36 bits per heavy atom. The minimum absolute atomic E-state index is 0.293. The second-order valence-electron chi connectivity index (χ2n) is 3.64. The lowest BCUT2D eigenvalue weighted by atomic mass is 9.99. The van der Waals surface area contributed by atoms with Gasteiger partial charge in [0.2, 0.25) is 0 Å². The van der Waals surface area contributed by atoms with Crippen molar-refractivity contribution in [3.05, 3.63) is 20.8 Å². The van der Waals surface area contributed by atoms with E-state index >= 15 is 0 Å². The first kappa shape index (κ1) is 12.2. The summed E-state index contributed by atoms with van der Waals surface area (Å²) in [6.07, 6.45) is 2.30. The highest BCUT2D eigenvalue weighted by atomic mass is 79.9. The zero-order chi connectivity index (χ0) is 10.6. The van der Waals surface area contributed by atoms with Gasteiger partial charge >= 0.3 is 0 Å². The molecule has 0 radical (unpaired) electrons. The van der Waals surface area contributed by atoms with Gasteiger partial charge in [0.1, 0.15) is 0 Å². The summed E-state index contributed by atoms with van der Waals surface area (Å²) >= 11 is 5.20. The van der Waals surface area contributed by atoms with E-state index in [1.54, 1.807) is 11.3 Å². The Morgan fingerprint density at radius 1 is 1.64 bits per heavy atom. The quantitative estimate of drug-likeness (QED) is 0.639. The predicted molar refractivity (Wildman–Crippen MR) is 66.2 cm³/mol. The van der Waals surface area contributed by atoms with Crippen molar-refractivity contribution in [3.8, 4) is 0 Å². The average Bonchev–Trinajstić information content (AvgIpc) is 2.60. The van der Waals surface area contributed by atoms with E-state index in [1.807, 2.05) is 0 Å².